The quantitative estimate of drug-likeness (QED) is 0.866. The molecule has 0 aliphatic carbocycles. The van der Waals surface area contributed by atoms with Crippen LogP contribution < -0.4 is 5.73 Å². The number of aromatic nitrogens is 1. The molecule has 0 fully saturated rings. The molecule has 3 nitrogen and oxygen atoms in total. The first-order valence-electron chi connectivity index (χ1n) is 7.00. The lowest BCUT2D eigenvalue weighted by molar-refractivity contribution is 0.275. The van der Waals surface area contributed by atoms with Crippen LogP contribution >= 0.6 is 0 Å². The van der Waals surface area contributed by atoms with Crippen molar-refractivity contribution < 1.29 is 0 Å². The van der Waals surface area contributed by atoms with Gasteiger partial charge in [-0.1, -0.05) is 18.2 Å². The van der Waals surface area contributed by atoms with Gasteiger partial charge in [0.2, 0.25) is 0 Å². The predicted molar refractivity (Wildman–Crippen MR) is 82.3 cm³/mol. The molecular weight excluding hydrogens is 234 g/mol. The molecule has 0 saturated carbocycles. The van der Waals surface area contributed by atoms with Gasteiger partial charge in [0, 0.05) is 28.7 Å². The van der Waals surface area contributed by atoms with E-state index in [4.69, 9.17) is 5.73 Å². The number of nitrogens with zero attached hydrogens (tertiary/aromatic N) is 1. The molecule has 1 aromatic carbocycles. The van der Waals surface area contributed by atoms with E-state index in [1.807, 2.05) is 0 Å². The van der Waals surface area contributed by atoms with Crippen LogP contribution in [0, 0.1) is 6.92 Å². The van der Waals surface area contributed by atoms with Crippen LogP contribution in [0.5, 0.6) is 0 Å². The van der Waals surface area contributed by atoms with Gasteiger partial charge < -0.3 is 15.6 Å². The number of aromatic amines is 1. The van der Waals surface area contributed by atoms with Crippen molar-refractivity contribution in [2.45, 2.75) is 38.8 Å². The van der Waals surface area contributed by atoms with Crippen molar-refractivity contribution >= 4 is 10.9 Å². The average Bonchev–Trinajstić information content (AvgIpc) is 2.66. The molecule has 0 amide bonds. The zero-order valence-corrected chi connectivity index (χ0v) is 12.4. The fourth-order valence-electron chi connectivity index (χ4n) is 2.81. The number of rotatable bonds is 5. The third-order valence-electron chi connectivity index (χ3n) is 3.80. The lowest BCUT2D eigenvalue weighted by Gasteiger charge is -2.26. The van der Waals surface area contributed by atoms with E-state index in [-0.39, 0.29) is 6.04 Å². The Kier molecular flexibility index (Phi) is 4.27. The minimum atomic E-state index is 0.257. The first-order chi connectivity index (χ1) is 9.00. The Morgan fingerprint density at radius 2 is 1.89 bits per heavy atom. The predicted octanol–water partition coefficient (Wildman–Crippen LogP) is 3.21. The van der Waals surface area contributed by atoms with E-state index < -0.39 is 0 Å². The number of H-pyrrole nitrogens is 1. The second kappa shape index (κ2) is 5.76. The van der Waals surface area contributed by atoms with Gasteiger partial charge in [0.05, 0.1) is 0 Å². The molecule has 0 saturated heterocycles. The van der Waals surface area contributed by atoms with Crippen LogP contribution in [0.1, 0.15) is 37.1 Å². The average molecular weight is 259 g/mol. The third-order valence-corrected chi connectivity index (χ3v) is 3.80. The first-order valence-corrected chi connectivity index (χ1v) is 7.00. The Morgan fingerprint density at radius 3 is 2.53 bits per heavy atom. The molecule has 2 rings (SSSR count). The van der Waals surface area contributed by atoms with Gasteiger partial charge in [0.15, 0.2) is 0 Å². The summed E-state index contributed by atoms with van der Waals surface area (Å²) in [5.41, 5.74) is 9.83. The summed E-state index contributed by atoms with van der Waals surface area (Å²) in [5, 5.41) is 1.34. The van der Waals surface area contributed by atoms with Gasteiger partial charge in [-0.15, -0.1) is 0 Å². The minimum Gasteiger partial charge on any atom is -0.358 e. The largest absolute Gasteiger partial charge is 0.358 e. The fraction of sp³-hybridized carbons (Fsp3) is 0.500. The van der Waals surface area contributed by atoms with E-state index in [9.17, 15) is 0 Å². The Balaban J connectivity index is 2.41. The van der Waals surface area contributed by atoms with E-state index in [1.165, 1.54) is 22.2 Å². The Labute approximate surface area is 115 Å². The lowest BCUT2D eigenvalue weighted by atomic mass is 9.96. The van der Waals surface area contributed by atoms with Crippen LogP contribution in [-0.2, 0) is 0 Å². The van der Waals surface area contributed by atoms with E-state index in [2.05, 4.69) is 62.1 Å². The highest BCUT2D eigenvalue weighted by molar-refractivity contribution is 5.85. The molecule has 0 bridgehead atoms. The van der Waals surface area contributed by atoms with Crippen LogP contribution in [0.15, 0.2) is 24.3 Å². The van der Waals surface area contributed by atoms with Gasteiger partial charge in [0.1, 0.15) is 0 Å². The minimum absolute atomic E-state index is 0.257. The molecule has 1 heterocycles. The number of hydrogen-bond acceptors (Lipinski definition) is 2. The van der Waals surface area contributed by atoms with Crippen LogP contribution in [0.25, 0.3) is 10.9 Å². The number of nitrogens with two attached hydrogens (primary N) is 1. The summed E-state index contributed by atoms with van der Waals surface area (Å²) < 4.78 is 0. The molecule has 2 unspecified atom stereocenters. The highest BCUT2D eigenvalue weighted by atomic mass is 15.1. The van der Waals surface area contributed by atoms with E-state index in [1.54, 1.807) is 0 Å². The van der Waals surface area contributed by atoms with Crippen molar-refractivity contribution in [3.8, 4) is 0 Å². The van der Waals surface area contributed by atoms with Gasteiger partial charge >= 0.3 is 0 Å². The lowest BCUT2D eigenvalue weighted by Crippen LogP contribution is -2.23. The third kappa shape index (κ3) is 2.99. The summed E-state index contributed by atoms with van der Waals surface area (Å²) in [7, 11) is 4.29. The summed E-state index contributed by atoms with van der Waals surface area (Å²) in [6.07, 6.45) is 2.13. The topological polar surface area (TPSA) is 45.1 Å². The maximum atomic E-state index is 5.92. The molecule has 0 aliphatic heterocycles. The maximum absolute atomic E-state index is 5.92. The monoisotopic (exact) mass is 259 g/mol. The van der Waals surface area contributed by atoms with Gasteiger partial charge in [-0.05, 0) is 52.4 Å². The number of aryl methyl sites for hydroxylation is 1. The van der Waals surface area contributed by atoms with Crippen molar-refractivity contribution in [1.29, 1.82) is 0 Å². The second-order valence-corrected chi connectivity index (χ2v) is 5.74. The Hall–Kier alpha value is -1.32. The molecule has 2 atom stereocenters. The number of benzene rings is 1. The van der Waals surface area contributed by atoms with Crippen LogP contribution in [0.4, 0.5) is 0 Å². The molecule has 3 N–H and O–H groups in total. The normalized spacial score (nSPS) is 15.1. The Morgan fingerprint density at radius 1 is 1.21 bits per heavy atom. The van der Waals surface area contributed by atoms with Crippen LogP contribution in [-0.4, -0.2) is 30.0 Å². The smallest absolute Gasteiger partial charge is 0.0459 e. The number of fused-ring (bicyclic) bond motifs is 1. The molecule has 0 aliphatic rings. The zero-order valence-electron chi connectivity index (χ0n) is 12.4. The molecule has 19 heavy (non-hydrogen) atoms. The van der Waals surface area contributed by atoms with E-state index in [0.717, 1.165) is 12.8 Å². The first kappa shape index (κ1) is 14.1. The summed E-state index contributed by atoms with van der Waals surface area (Å²) in [6.45, 7) is 4.24. The fourth-order valence-corrected chi connectivity index (χ4v) is 2.81. The molecule has 0 radical (unpaired) electrons. The highest BCUT2D eigenvalue weighted by Gasteiger charge is 2.20. The van der Waals surface area contributed by atoms with E-state index in [0.29, 0.717) is 6.04 Å². The molecule has 104 valence electrons. The van der Waals surface area contributed by atoms with Crippen molar-refractivity contribution in [2.75, 3.05) is 14.1 Å². The van der Waals surface area contributed by atoms with Crippen molar-refractivity contribution in [3.05, 3.63) is 35.5 Å². The van der Waals surface area contributed by atoms with E-state index >= 15 is 0 Å². The highest BCUT2D eigenvalue weighted by Crippen LogP contribution is 2.33. The summed E-state index contributed by atoms with van der Waals surface area (Å²) in [6, 6.07) is 9.21. The summed E-state index contributed by atoms with van der Waals surface area (Å²) in [5.74, 6) is 0. The zero-order chi connectivity index (χ0) is 14.0. The standard InChI is InChI=1S/C16H25N3/c1-11(17)9-10-15(19(3)4)16-12(2)18-14-8-6-5-7-13(14)16/h5-8,11,15,18H,9-10,17H2,1-4H3. The second-order valence-electron chi connectivity index (χ2n) is 5.74. The van der Waals surface area contributed by atoms with Gasteiger partial charge in [-0.3, -0.25) is 0 Å². The Bertz CT molecular complexity index is 540. The summed E-state index contributed by atoms with van der Waals surface area (Å²) in [4.78, 5) is 5.79. The molecule has 2 aromatic rings. The van der Waals surface area contributed by atoms with Crippen molar-refractivity contribution in [1.82, 2.24) is 9.88 Å². The van der Waals surface area contributed by atoms with Crippen molar-refractivity contribution in [2.24, 2.45) is 5.73 Å². The number of nitrogens with one attached hydrogen (secondary N) is 1. The van der Waals surface area contributed by atoms with Gasteiger partial charge in [0.25, 0.3) is 0 Å². The number of hydrogen-bond donors (Lipinski definition) is 2. The molecule has 1 aromatic heterocycles. The van der Waals surface area contributed by atoms with Crippen LogP contribution in [0.2, 0.25) is 0 Å². The summed E-state index contributed by atoms with van der Waals surface area (Å²) >= 11 is 0. The van der Waals surface area contributed by atoms with Gasteiger partial charge in [-0.25, -0.2) is 0 Å². The maximum Gasteiger partial charge on any atom is 0.0459 e. The molecular formula is C16H25N3. The molecule has 0 spiro atoms. The number of para-hydroxylation sites is 1. The molecule has 3 heteroatoms. The SMILES string of the molecule is Cc1[nH]c2ccccc2c1C(CCC(C)N)N(C)C. The van der Waals surface area contributed by atoms with Crippen LogP contribution in [0.3, 0.4) is 0 Å². The van der Waals surface area contributed by atoms with Gasteiger partial charge in [-0.2, -0.15) is 0 Å². The van der Waals surface area contributed by atoms with Crippen molar-refractivity contribution in [3.63, 3.8) is 0 Å².